The van der Waals surface area contributed by atoms with Gasteiger partial charge in [-0.15, -0.1) is 0 Å². The molecule has 0 amide bonds. The number of hydrogen-bond donors (Lipinski definition) is 1. The van der Waals surface area contributed by atoms with E-state index in [1.807, 2.05) is 6.07 Å². The maximum Gasteiger partial charge on any atom is 0.123 e. The van der Waals surface area contributed by atoms with Crippen molar-refractivity contribution < 1.29 is 14.2 Å². The second kappa shape index (κ2) is 4.73. The molecule has 1 atom stereocenters. The van der Waals surface area contributed by atoms with Gasteiger partial charge in [-0.2, -0.15) is 0 Å². The molecule has 1 N–H and O–H groups in total. The Hall–Kier alpha value is -0.930. The minimum absolute atomic E-state index is 0.0367. The molecule has 2 nitrogen and oxygen atoms in total. The molecule has 1 aromatic carbocycles. The predicted octanol–water partition coefficient (Wildman–Crippen LogP) is 1.94. The standard InChI is InChI=1S/C12H15FO2/c13-12-3-1-2-10(5-12)11(6-14)4-9-7-15-8-9/h1-3,5,9,11,14H,4,6-8H2. The molecule has 0 spiro atoms. The zero-order valence-corrected chi connectivity index (χ0v) is 8.53. The van der Waals surface area contributed by atoms with Crippen molar-refractivity contribution in [2.24, 2.45) is 5.92 Å². The monoisotopic (exact) mass is 210 g/mol. The van der Waals surface area contributed by atoms with Crippen molar-refractivity contribution in [3.63, 3.8) is 0 Å². The van der Waals surface area contributed by atoms with E-state index in [1.54, 1.807) is 6.07 Å². The largest absolute Gasteiger partial charge is 0.396 e. The second-order valence-corrected chi connectivity index (χ2v) is 4.07. The lowest BCUT2D eigenvalue weighted by atomic mass is 9.88. The Morgan fingerprint density at radius 3 is 2.80 bits per heavy atom. The van der Waals surface area contributed by atoms with Crippen LogP contribution in [-0.4, -0.2) is 24.9 Å². The summed E-state index contributed by atoms with van der Waals surface area (Å²) in [7, 11) is 0. The molecular formula is C12H15FO2. The highest BCUT2D eigenvalue weighted by molar-refractivity contribution is 5.21. The first-order valence-corrected chi connectivity index (χ1v) is 5.23. The smallest absolute Gasteiger partial charge is 0.123 e. The number of hydrogen-bond acceptors (Lipinski definition) is 2. The summed E-state index contributed by atoms with van der Waals surface area (Å²) in [6, 6.07) is 6.47. The molecule has 1 heterocycles. The lowest BCUT2D eigenvalue weighted by Crippen LogP contribution is -2.29. The quantitative estimate of drug-likeness (QED) is 0.823. The highest BCUT2D eigenvalue weighted by atomic mass is 19.1. The van der Waals surface area contributed by atoms with Crippen LogP contribution in [0.25, 0.3) is 0 Å². The average molecular weight is 210 g/mol. The van der Waals surface area contributed by atoms with E-state index < -0.39 is 0 Å². The molecule has 1 fully saturated rings. The first kappa shape index (κ1) is 10.6. The summed E-state index contributed by atoms with van der Waals surface area (Å²) in [5.41, 5.74) is 0.879. The second-order valence-electron chi connectivity index (χ2n) is 4.07. The summed E-state index contributed by atoms with van der Waals surface area (Å²) in [4.78, 5) is 0. The van der Waals surface area contributed by atoms with Crippen LogP contribution in [0.5, 0.6) is 0 Å². The van der Waals surface area contributed by atoms with Crippen LogP contribution < -0.4 is 0 Å². The molecule has 1 aliphatic rings. The molecule has 0 aliphatic carbocycles. The van der Waals surface area contributed by atoms with E-state index >= 15 is 0 Å². The molecular weight excluding hydrogens is 195 g/mol. The first-order chi connectivity index (χ1) is 7.29. The van der Waals surface area contributed by atoms with Crippen LogP contribution in [0, 0.1) is 11.7 Å². The lowest BCUT2D eigenvalue weighted by molar-refractivity contribution is -0.0405. The Kier molecular flexibility index (Phi) is 3.34. The number of benzene rings is 1. The van der Waals surface area contributed by atoms with Crippen LogP contribution in [0.1, 0.15) is 17.9 Å². The number of ether oxygens (including phenoxy) is 1. The Morgan fingerprint density at radius 1 is 1.47 bits per heavy atom. The molecule has 1 saturated heterocycles. The Bertz CT molecular complexity index is 323. The Labute approximate surface area is 88.7 Å². The maximum atomic E-state index is 13.0. The van der Waals surface area contributed by atoms with Crippen molar-refractivity contribution in [2.45, 2.75) is 12.3 Å². The van der Waals surface area contributed by atoms with Gasteiger partial charge in [0.2, 0.25) is 0 Å². The molecule has 0 bridgehead atoms. The molecule has 2 rings (SSSR count). The van der Waals surface area contributed by atoms with Gasteiger partial charge in [0.15, 0.2) is 0 Å². The summed E-state index contributed by atoms with van der Waals surface area (Å²) in [6.45, 7) is 1.61. The number of aliphatic hydroxyl groups excluding tert-OH is 1. The summed E-state index contributed by atoms with van der Waals surface area (Å²) in [5.74, 6) is 0.316. The fourth-order valence-electron chi connectivity index (χ4n) is 1.90. The van der Waals surface area contributed by atoms with E-state index in [4.69, 9.17) is 4.74 Å². The zero-order valence-electron chi connectivity index (χ0n) is 8.53. The van der Waals surface area contributed by atoms with Crippen LogP contribution in [0.4, 0.5) is 4.39 Å². The molecule has 1 aromatic rings. The van der Waals surface area contributed by atoms with Gasteiger partial charge in [0.05, 0.1) is 13.2 Å². The van der Waals surface area contributed by atoms with E-state index in [0.29, 0.717) is 5.92 Å². The van der Waals surface area contributed by atoms with Crippen LogP contribution in [0.2, 0.25) is 0 Å². The number of halogens is 1. The highest BCUT2D eigenvalue weighted by Crippen LogP contribution is 2.27. The molecule has 1 aliphatic heterocycles. The van der Waals surface area contributed by atoms with Crippen molar-refractivity contribution in [1.82, 2.24) is 0 Å². The van der Waals surface area contributed by atoms with Gasteiger partial charge in [0, 0.05) is 18.4 Å². The molecule has 15 heavy (non-hydrogen) atoms. The topological polar surface area (TPSA) is 29.5 Å². The van der Waals surface area contributed by atoms with Crippen LogP contribution in [-0.2, 0) is 4.74 Å². The lowest BCUT2D eigenvalue weighted by Gasteiger charge is -2.29. The maximum absolute atomic E-state index is 13.0. The summed E-state index contributed by atoms with van der Waals surface area (Å²) >= 11 is 0. The average Bonchev–Trinajstić information content (AvgIpc) is 2.16. The van der Waals surface area contributed by atoms with E-state index in [2.05, 4.69) is 0 Å². The van der Waals surface area contributed by atoms with E-state index in [1.165, 1.54) is 12.1 Å². The Balaban J connectivity index is 2.04. The van der Waals surface area contributed by atoms with Gasteiger partial charge in [-0.1, -0.05) is 12.1 Å². The van der Waals surface area contributed by atoms with Gasteiger partial charge in [-0.05, 0) is 24.1 Å². The third-order valence-corrected chi connectivity index (χ3v) is 2.87. The zero-order chi connectivity index (χ0) is 10.7. The van der Waals surface area contributed by atoms with Gasteiger partial charge in [0.1, 0.15) is 5.82 Å². The minimum Gasteiger partial charge on any atom is -0.396 e. The van der Waals surface area contributed by atoms with Gasteiger partial charge in [-0.3, -0.25) is 0 Å². The van der Waals surface area contributed by atoms with Crippen molar-refractivity contribution in [1.29, 1.82) is 0 Å². The fraction of sp³-hybridized carbons (Fsp3) is 0.500. The molecule has 1 unspecified atom stereocenters. The third-order valence-electron chi connectivity index (χ3n) is 2.87. The molecule has 3 heteroatoms. The predicted molar refractivity (Wildman–Crippen MR) is 55.2 cm³/mol. The Morgan fingerprint density at radius 2 is 2.27 bits per heavy atom. The third kappa shape index (κ3) is 2.55. The molecule has 0 aromatic heterocycles. The van der Waals surface area contributed by atoms with Crippen LogP contribution >= 0.6 is 0 Å². The van der Waals surface area contributed by atoms with Crippen molar-refractivity contribution in [2.75, 3.05) is 19.8 Å². The normalized spacial score (nSPS) is 18.5. The van der Waals surface area contributed by atoms with Crippen molar-refractivity contribution in [3.05, 3.63) is 35.6 Å². The van der Waals surface area contributed by atoms with Gasteiger partial charge in [-0.25, -0.2) is 4.39 Å². The SMILES string of the molecule is OCC(CC1COC1)c1cccc(F)c1. The van der Waals surface area contributed by atoms with E-state index in [0.717, 1.165) is 25.2 Å². The molecule has 0 radical (unpaired) electrons. The fourth-order valence-corrected chi connectivity index (χ4v) is 1.90. The van der Waals surface area contributed by atoms with E-state index in [-0.39, 0.29) is 18.3 Å². The molecule has 0 saturated carbocycles. The minimum atomic E-state index is -0.240. The van der Waals surface area contributed by atoms with Crippen molar-refractivity contribution >= 4 is 0 Å². The van der Waals surface area contributed by atoms with Gasteiger partial charge < -0.3 is 9.84 Å². The first-order valence-electron chi connectivity index (χ1n) is 5.23. The summed E-state index contributed by atoms with van der Waals surface area (Å²) in [6.07, 6.45) is 0.875. The van der Waals surface area contributed by atoms with E-state index in [9.17, 15) is 9.50 Å². The molecule has 82 valence electrons. The van der Waals surface area contributed by atoms with Crippen molar-refractivity contribution in [3.8, 4) is 0 Å². The number of rotatable bonds is 4. The summed E-state index contributed by atoms with van der Waals surface area (Å²) < 4.78 is 18.1. The van der Waals surface area contributed by atoms with Crippen LogP contribution in [0.3, 0.4) is 0 Å². The van der Waals surface area contributed by atoms with Crippen LogP contribution in [0.15, 0.2) is 24.3 Å². The number of aliphatic hydroxyl groups is 1. The summed E-state index contributed by atoms with van der Waals surface area (Å²) in [5, 5.41) is 9.28. The van der Waals surface area contributed by atoms with Gasteiger partial charge in [0.25, 0.3) is 0 Å². The van der Waals surface area contributed by atoms with Gasteiger partial charge >= 0.3 is 0 Å². The highest BCUT2D eigenvalue weighted by Gasteiger charge is 2.23.